The molecule has 0 saturated carbocycles. The van der Waals surface area contributed by atoms with Gasteiger partial charge in [-0.2, -0.15) is 5.10 Å². The van der Waals surface area contributed by atoms with Gasteiger partial charge >= 0.3 is 5.97 Å². The molecule has 0 saturated heterocycles. The van der Waals surface area contributed by atoms with Crippen LogP contribution in [0.25, 0.3) is 0 Å². The van der Waals surface area contributed by atoms with E-state index in [1.54, 1.807) is 11.6 Å². The van der Waals surface area contributed by atoms with E-state index in [9.17, 15) is 4.79 Å². The number of aromatic nitrogens is 2. The summed E-state index contributed by atoms with van der Waals surface area (Å²) in [5.74, 6) is -0.254. The van der Waals surface area contributed by atoms with Gasteiger partial charge in [-0.1, -0.05) is 13.8 Å². The third kappa shape index (κ3) is 2.37. The lowest BCUT2D eigenvalue weighted by atomic mass is 10.2. The molecule has 1 rings (SSSR count). The lowest BCUT2D eigenvalue weighted by Crippen LogP contribution is -2.20. The second-order valence-electron chi connectivity index (χ2n) is 3.48. The van der Waals surface area contributed by atoms with Gasteiger partial charge in [0, 0.05) is 5.69 Å². The van der Waals surface area contributed by atoms with Crippen LogP contribution in [0.15, 0.2) is 6.07 Å². The highest BCUT2D eigenvalue weighted by atomic mass is 16.5. The van der Waals surface area contributed by atoms with Crippen LogP contribution in [-0.2, 0) is 22.4 Å². The van der Waals surface area contributed by atoms with Crippen molar-refractivity contribution in [3.05, 3.63) is 17.5 Å². The molecule has 0 bridgehead atoms. The van der Waals surface area contributed by atoms with Crippen LogP contribution < -0.4 is 0 Å². The normalized spacial score (nSPS) is 12.5. The lowest BCUT2D eigenvalue weighted by Gasteiger charge is -2.12. The Labute approximate surface area is 90.2 Å². The molecule has 84 valence electrons. The van der Waals surface area contributed by atoms with Crippen LogP contribution >= 0.6 is 0 Å². The van der Waals surface area contributed by atoms with E-state index in [4.69, 9.17) is 4.74 Å². The second-order valence-corrected chi connectivity index (χ2v) is 3.48. The van der Waals surface area contributed by atoms with Crippen LogP contribution in [0.5, 0.6) is 0 Å². The van der Waals surface area contributed by atoms with Gasteiger partial charge in [-0.25, -0.2) is 4.79 Å². The van der Waals surface area contributed by atoms with Crippen molar-refractivity contribution >= 4 is 5.97 Å². The Kier molecular flexibility index (Phi) is 3.88. The number of methoxy groups -OCH3 is 1. The smallest absolute Gasteiger partial charge is 0.330 e. The monoisotopic (exact) mass is 210 g/mol. The molecular weight excluding hydrogens is 192 g/mol. The first kappa shape index (κ1) is 11.8. The van der Waals surface area contributed by atoms with Gasteiger partial charge in [0.1, 0.15) is 6.04 Å². The highest BCUT2D eigenvalue weighted by Gasteiger charge is 2.19. The molecule has 0 N–H and O–H groups in total. The Morgan fingerprint density at radius 2 is 2.20 bits per heavy atom. The van der Waals surface area contributed by atoms with Gasteiger partial charge in [0.15, 0.2) is 0 Å². The molecular formula is C11H18N2O2. The minimum absolute atomic E-state index is 0.254. The van der Waals surface area contributed by atoms with Gasteiger partial charge in [-0.05, 0) is 25.8 Å². The number of ether oxygens (including phenoxy) is 1. The average molecular weight is 210 g/mol. The molecule has 1 atom stereocenters. The first-order chi connectivity index (χ1) is 7.13. The molecule has 1 heterocycles. The summed E-state index contributed by atoms with van der Waals surface area (Å²) in [4.78, 5) is 11.4. The number of rotatable bonds is 4. The van der Waals surface area contributed by atoms with Gasteiger partial charge in [-0.15, -0.1) is 0 Å². The zero-order valence-electron chi connectivity index (χ0n) is 9.78. The van der Waals surface area contributed by atoms with Crippen LogP contribution in [0.1, 0.15) is 38.2 Å². The number of hydrogen-bond donors (Lipinski definition) is 0. The van der Waals surface area contributed by atoms with E-state index in [0.29, 0.717) is 0 Å². The van der Waals surface area contributed by atoms with Gasteiger partial charge < -0.3 is 4.74 Å². The molecule has 0 aromatic carbocycles. The Bertz CT molecular complexity index is 344. The largest absolute Gasteiger partial charge is 0.467 e. The van der Waals surface area contributed by atoms with Gasteiger partial charge in [0.2, 0.25) is 0 Å². The summed E-state index contributed by atoms with van der Waals surface area (Å²) in [7, 11) is 1.40. The van der Waals surface area contributed by atoms with E-state index in [-0.39, 0.29) is 12.0 Å². The SMILES string of the molecule is CCc1cc(CC)n(C(C)C(=O)OC)n1. The van der Waals surface area contributed by atoms with Crippen molar-refractivity contribution in [3.63, 3.8) is 0 Å². The van der Waals surface area contributed by atoms with Gasteiger partial charge in [-0.3, -0.25) is 4.68 Å². The molecule has 0 spiro atoms. The summed E-state index contributed by atoms with van der Waals surface area (Å²) >= 11 is 0. The van der Waals surface area contributed by atoms with Crippen molar-refractivity contribution in [1.82, 2.24) is 9.78 Å². The number of carbonyl (C=O) groups is 1. The predicted octanol–water partition coefficient (Wildman–Crippen LogP) is 1.74. The summed E-state index contributed by atoms with van der Waals surface area (Å²) in [5, 5.41) is 4.38. The van der Waals surface area contributed by atoms with E-state index in [1.807, 2.05) is 6.07 Å². The first-order valence-electron chi connectivity index (χ1n) is 5.29. The van der Waals surface area contributed by atoms with Crippen molar-refractivity contribution in [2.24, 2.45) is 0 Å². The summed E-state index contributed by atoms with van der Waals surface area (Å²) in [6.07, 6.45) is 1.75. The maximum absolute atomic E-state index is 11.4. The zero-order chi connectivity index (χ0) is 11.4. The summed E-state index contributed by atoms with van der Waals surface area (Å²) < 4.78 is 6.46. The van der Waals surface area contributed by atoms with Crippen LogP contribution in [0.2, 0.25) is 0 Å². The molecule has 15 heavy (non-hydrogen) atoms. The van der Waals surface area contributed by atoms with E-state index in [2.05, 4.69) is 18.9 Å². The lowest BCUT2D eigenvalue weighted by molar-refractivity contribution is -0.144. The highest BCUT2D eigenvalue weighted by Crippen LogP contribution is 2.14. The molecule has 0 aliphatic heterocycles. The van der Waals surface area contributed by atoms with Crippen molar-refractivity contribution < 1.29 is 9.53 Å². The van der Waals surface area contributed by atoms with Crippen LogP contribution in [0, 0.1) is 0 Å². The Morgan fingerprint density at radius 1 is 1.53 bits per heavy atom. The molecule has 1 aromatic rings. The van der Waals surface area contributed by atoms with E-state index < -0.39 is 0 Å². The van der Waals surface area contributed by atoms with Crippen LogP contribution in [0.4, 0.5) is 0 Å². The summed E-state index contributed by atoms with van der Waals surface area (Å²) in [6, 6.07) is 1.70. The number of hydrogen-bond acceptors (Lipinski definition) is 3. The second kappa shape index (κ2) is 4.96. The zero-order valence-corrected chi connectivity index (χ0v) is 9.78. The molecule has 0 fully saturated rings. The van der Waals surface area contributed by atoms with Crippen molar-refractivity contribution in [3.8, 4) is 0 Å². The predicted molar refractivity (Wildman–Crippen MR) is 57.7 cm³/mol. The first-order valence-corrected chi connectivity index (χ1v) is 5.29. The van der Waals surface area contributed by atoms with E-state index in [1.165, 1.54) is 7.11 Å². The van der Waals surface area contributed by atoms with Gasteiger partial charge in [0.25, 0.3) is 0 Å². The summed E-state index contributed by atoms with van der Waals surface area (Å²) in [5.41, 5.74) is 2.09. The Hall–Kier alpha value is -1.32. The molecule has 1 aromatic heterocycles. The molecule has 0 aliphatic rings. The third-order valence-corrected chi connectivity index (χ3v) is 2.50. The van der Waals surface area contributed by atoms with Crippen molar-refractivity contribution in [2.75, 3.05) is 7.11 Å². The number of aryl methyl sites for hydroxylation is 2. The Morgan fingerprint density at radius 3 is 2.67 bits per heavy atom. The topological polar surface area (TPSA) is 44.1 Å². The third-order valence-electron chi connectivity index (χ3n) is 2.50. The number of nitrogens with zero attached hydrogens (tertiary/aromatic N) is 2. The highest BCUT2D eigenvalue weighted by molar-refractivity contribution is 5.73. The molecule has 4 nitrogen and oxygen atoms in total. The van der Waals surface area contributed by atoms with Crippen LogP contribution in [-0.4, -0.2) is 22.9 Å². The number of carbonyl (C=O) groups excluding carboxylic acids is 1. The van der Waals surface area contributed by atoms with Crippen molar-refractivity contribution in [1.29, 1.82) is 0 Å². The van der Waals surface area contributed by atoms with E-state index >= 15 is 0 Å². The quantitative estimate of drug-likeness (QED) is 0.711. The van der Waals surface area contributed by atoms with Crippen LogP contribution in [0.3, 0.4) is 0 Å². The fourth-order valence-corrected chi connectivity index (χ4v) is 1.53. The number of esters is 1. The van der Waals surface area contributed by atoms with Gasteiger partial charge in [0.05, 0.1) is 12.8 Å². The fraction of sp³-hybridized carbons (Fsp3) is 0.636. The molecule has 0 amide bonds. The Balaban J connectivity index is 3.00. The fourth-order valence-electron chi connectivity index (χ4n) is 1.53. The molecule has 0 radical (unpaired) electrons. The maximum atomic E-state index is 11.4. The standard InChI is InChI=1S/C11H18N2O2/c1-5-9-7-10(6-2)13(12-9)8(3)11(14)15-4/h7-8H,5-6H2,1-4H3. The molecule has 1 unspecified atom stereocenters. The molecule has 0 aliphatic carbocycles. The minimum Gasteiger partial charge on any atom is -0.467 e. The molecule has 4 heteroatoms. The van der Waals surface area contributed by atoms with E-state index in [0.717, 1.165) is 24.2 Å². The average Bonchev–Trinajstić information content (AvgIpc) is 2.69. The van der Waals surface area contributed by atoms with Crippen molar-refractivity contribution in [2.45, 2.75) is 39.7 Å². The maximum Gasteiger partial charge on any atom is 0.330 e. The summed E-state index contributed by atoms with van der Waals surface area (Å²) in [6.45, 7) is 5.91. The minimum atomic E-state index is -0.342.